The molecule has 3 heteroatoms. The van der Waals surface area contributed by atoms with Crippen molar-refractivity contribution in [1.29, 1.82) is 0 Å². The van der Waals surface area contributed by atoms with Crippen LogP contribution in [-0.4, -0.2) is 18.3 Å². The van der Waals surface area contributed by atoms with Crippen LogP contribution in [0.4, 0.5) is 0 Å². The Balaban J connectivity index is 2.18. The van der Waals surface area contributed by atoms with E-state index in [-0.39, 0.29) is 0 Å². The molecule has 0 aromatic heterocycles. The number of ether oxygens (including phenoxy) is 2. The zero-order valence-electron chi connectivity index (χ0n) is 11.2. The lowest BCUT2D eigenvalue weighted by molar-refractivity contribution is 0.170. The van der Waals surface area contributed by atoms with E-state index in [1.54, 1.807) is 7.11 Å². The lowest BCUT2D eigenvalue weighted by Gasteiger charge is -2.18. The second-order valence-electron chi connectivity index (χ2n) is 4.86. The number of aliphatic hydroxyl groups is 1. The minimum atomic E-state index is -0.429. The summed E-state index contributed by atoms with van der Waals surface area (Å²) < 4.78 is 11.3. The Morgan fingerprint density at radius 3 is 2.61 bits per heavy atom. The van der Waals surface area contributed by atoms with Gasteiger partial charge in [0.1, 0.15) is 0 Å². The summed E-state index contributed by atoms with van der Waals surface area (Å²) in [6.45, 7) is 1.96. The molecule has 0 spiro atoms. The first kappa shape index (κ1) is 13.2. The van der Waals surface area contributed by atoms with Crippen molar-refractivity contribution in [3.05, 3.63) is 23.8 Å². The number of rotatable bonds is 5. The Morgan fingerprint density at radius 2 is 2.00 bits per heavy atom. The van der Waals surface area contributed by atoms with E-state index in [1.807, 2.05) is 25.1 Å². The summed E-state index contributed by atoms with van der Waals surface area (Å²) in [5.74, 6) is 1.50. The van der Waals surface area contributed by atoms with Crippen LogP contribution in [0.1, 0.15) is 50.7 Å². The van der Waals surface area contributed by atoms with Gasteiger partial charge in [-0.3, -0.25) is 0 Å². The van der Waals surface area contributed by atoms with Gasteiger partial charge in [-0.25, -0.2) is 0 Å². The van der Waals surface area contributed by atoms with E-state index in [4.69, 9.17) is 9.47 Å². The summed E-state index contributed by atoms with van der Waals surface area (Å²) in [7, 11) is 1.65. The first-order valence-corrected chi connectivity index (χ1v) is 6.77. The Kier molecular flexibility index (Phi) is 4.48. The Labute approximate surface area is 109 Å². The maximum atomic E-state index is 9.88. The van der Waals surface area contributed by atoms with E-state index in [2.05, 4.69) is 0 Å². The molecule has 1 unspecified atom stereocenters. The maximum absolute atomic E-state index is 9.88. The molecule has 1 fully saturated rings. The Morgan fingerprint density at radius 1 is 1.28 bits per heavy atom. The van der Waals surface area contributed by atoms with Crippen LogP contribution in [0, 0.1) is 0 Å². The molecule has 1 aromatic rings. The molecule has 1 saturated carbocycles. The van der Waals surface area contributed by atoms with E-state index in [0.717, 1.165) is 29.9 Å². The van der Waals surface area contributed by atoms with Crippen molar-refractivity contribution in [3.8, 4) is 11.5 Å². The number of hydrogen-bond donors (Lipinski definition) is 1. The zero-order chi connectivity index (χ0) is 13.0. The maximum Gasteiger partial charge on any atom is 0.161 e. The molecule has 2 rings (SSSR count). The van der Waals surface area contributed by atoms with Crippen LogP contribution in [0.25, 0.3) is 0 Å². The first-order valence-electron chi connectivity index (χ1n) is 6.77. The van der Waals surface area contributed by atoms with Gasteiger partial charge in [0.05, 0.1) is 19.3 Å². The summed E-state index contributed by atoms with van der Waals surface area (Å²) >= 11 is 0. The largest absolute Gasteiger partial charge is 0.493 e. The molecule has 0 amide bonds. The lowest BCUT2D eigenvalue weighted by atomic mass is 10.1. The van der Waals surface area contributed by atoms with Crippen molar-refractivity contribution < 1.29 is 14.6 Å². The average molecular weight is 250 g/mol. The van der Waals surface area contributed by atoms with Crippen molar-refractivity contribution in [1.82, 2.24) is 0 Å². The topological polar surface area (TPSA) is 38.7 Å². The van der Waals surface area contributed by atoms with E-state index in [0.29, 0.717) is 12.5 Å². The summed E-state index contributed by atoms with van der Waals surface area (Å²) in [4.78, 5) is 0. The molecule has 0 bridgehead atoms. The Hall–Kier alpha value is -1.22. The lowest BCUT2D eigenvalue weighted by Crippen LogP contribution is -2.12. The fourth-order valence-electron chi connectivity index (χ4n) is 2.41. The number of methoxy groups -OCH3 is 1. The summed E-state index contributed by atoms with van der Waals surface area (Å²) in [6, 6.07) is 5.68. The van der Waals surface area contributed by atoms with Crippen LogP contribution in [0.3, 0.4) is 0 Å². The third-order valence-corrected chi connectivity index (χ3v) is 3.55. The standard InChI is InChI=1S/C15H22O3/c1-3-13(16)11-8-9-14(17-2)15(10-11)18-12-6-4-5-7-12/h8-10,12-13,16H,3-7H2,1-2H3. The van der Waals surface area contributed by atoms with Crippen molar-refractivity contribution in [2.75, 3.05) is 7.11 Å². The summed E-state index contributed by atoms with van der Waals surface area (Å²) in [6.07, 6.45) is 5.28. The smallest absolute Gasteiger partial charge is 0.161 e. The van der Waals surface area contributed by atoms with Gasteiger partial charge in [-0.05, 0) is 49.8 Å². The number of aliphatic hydroxyl groups excluding tert-OH is 1. The molecule has 18 heavy (non-hydrogen) atoms. The Bertz CT molecular complexity index is 383. The van der Waals surface area contributed by atoms with Crippen molar-refractivity contribution >= 4 is 0 Å². The van der Waals surface area contributed by atoms with Crippen LogP contribution < -0.4 is 9.47 Å². The fourth-order valence-corrected chi connectivity index (χ4v) is 2.41. The molecule has 1 atom stereocenters. The van der Waals surface area contributed by atoms with E-state index in [1.165, 1.54) is 12.8 Å². The monoisotopic (exact) mass is 250 g/mol. The van der Waals surface area contributed by atoms with Gasteiger partial charge in [-0.2, -0.15) is 0 Å². The van der Waals surface area contributed by atoms with Gasteiger partial charge in [0.15, 0.2) is 11.5 Å². The summed E-state index contributed by atoms with van der Waals surface area (Å²) in [5.41, 5.74) is 0.895. The molecule has 0 radical (unpaired) electrons. The predicted molar refractivity (Wildman–Crippen MR) is 71.1 cm³/mol. The molecule has 1 aromatic carbocycles. The van der Waals surface area contributed by atoms with Crippen molar-refractivity contribution in [2.24, 2.45) is 0 Å². The van der Waals surface area contributed by atoms with Crippen LogP contribution in [0.5, 0.6) is 11.5 Å². The molecule has 0 heterocycles. The SMILES string of the molecule is CCC(O)c1ccc(OC)c(OC2CCCC2)c1. The molecule has 0 aliphatic heterocycles. The molecular weight excluding hydrogens is 228 g/mol. The highest BCUT2D eigenvalue weighted by molar-refractivity contribution is 5.43. The third-order valence-electron chi connectivity index (χ3n) is 3.55. The highest BCUT2D eigenvalue weighted by atomic mass is 16.5. The second kappa shape index (κ2) is 6.10. The van der Waals surface area contributed by atoms with Gasteiger partial charge >= 0.3 is 0 Å². The fraction of sp³-hybridized carbons (Fsp3) is 0.600. The molecule has 3 nitrogen and oxygen atoms in total. The molecule has 1 aliphatic rings. The first-order chi connectivity index (χ1) is 8.74. The van der Waals surface area contributed by atoms with Crippen molar-refractivity contribution in [2.45, 2.75) is 51.2 Å². The minimum absolute atomic E-state index is 0.299. The predicted octanol–water partition coefficient (Wildman–Crippen LogP) is 3.46. The molecule has 0 saturated heterocycles. The van der Waals surface area contributed by atoms with E-state index >= 15 is 0 Å². The van der Waals surface area contributed by atoms with Gasteiger partial charge in [-0.15, -0.1) is 0 Å². The normalized spacial score (nSPS) is 17.7. The van der Waals surface area contributed by atoms with Crippen LogP contribution in [0.2, 0.25) is 0 Å². The quantitative estimate of drug-likeness (QED) is 0.869. The average Bonchev–Trinajstić information content (AvgIpc) is 2.90. The molecular formula is C15H22O3. The van der Waals surface area contributed by atoms with Crippen LogP contribution in [0.15, 0.2) is 18.2 Å². The summed E-state index contributed by atoms with van der Waals surface area (Å²) in [5, 5.41) is 9.88. The molecule has 1 aliphatic carbocycles. The number of hydrogen-bond acceptors (Lipinski definition) is 3. The zero-order valence-corrected chi connectivity index (χ0v) is 11.2. The highest BCUT2D eigenvalue weighted by Crippen LogP contribution is 2.34. The number of benzene rings is 1. The highest BCUT2D eigenvalue weighted by Gasteiger charge is 2.19. The van der Waals surface area contributed by atoms with Crippen LogP contribution >= 0.6 is 0 Å². The van der Waals surface area contributed by atoms with Crippen LogP contribution in [-0.2, 0) is 0 Å². The van der Waals surface area contributed by atoms with Gasteiger partial charge < -0.3 is 14.6 Å². The second-order valence-corrected chi connectivity index (χ2v) is 4.86. The van der Waals surface area contributed by atoms with Gasteiger partial charge in [0.25, 0.3) is 0 Å². The third kappa shape index (κ3) is 2.96. The van der Waals surface area contributed by atoms with E-state index in [9.17, 15) is 5.11 Å². The minimum Gasteiger partial charge on any atom is -0.493 e. The van der Waals surface area contributed by atoms with Gasteiger partial charge in [0.2, 0.25) is 0 Å². The molecule has 100 valence electrons. The molecule has 1 N–H and O–H groups in total. The van der Waals surface area contributed by atoms with Crippen molar-refractivity contribution in [3.63, 3.8) is 0 Å². The van der Waals surface area contributed by atoms with Gasteiger partial charge in [-0.1, -0.05) is 13.0 Å². The van der Waals surface area contributed by atoms with E-state index < -0.39 is 6.10 Å². The van der Waals surface area contributed by atoms with Gasteiger partial charge in [0, 0.05) is 0 Å².